The van der Waals surface area contributed by atoms with Crippen LogP contribution < -0.4 is 19.5 Å². The van der Waals surface area contributed by atoms with E-state index >= 15 is 0 Å². The molecule has 108 valence electrons. The van der Waals surface area contributed by atoms with Gasteiger partial charge in [-0.3, -0.25) is 0 Å². The van der Waals surface area contributed by atoms with Gasteiger partial charge in [-0.2, -0.15) is 0 Å². The van der Waals surface area contributed by atoms with E-state index in [0.29, 0.717) is 12.8 Å². The summed E-state index contributed by atoms with van der Waals surface area (Å²) in [6, 6.07) is 4.74. The van der Waals surface area contributed by atoms with Crippen molar-refractivity contribution in [2.75, 3.05) is 13.4 Å². The molecule has 0 unspecified atom stereocenters. The van der Waals surface area contributed by atoms with Crippen molar-refractivity contribution in [2.24, 2.45) is 5.92 Å². The summed E-state index contributed by atoms with van der Waals surface area (Å²) in [4.78, 5) is 0. The summed E-state index contributed by atoms with van der Waals surface area (Å²) < 4.78 is 16.9. The fourth-order valence-corrected chi connectivity index (χ4v) is 2.52. The number of fused-ring (bicyclic) bond motifs is 1. The predicted molar refractivity (Wildman–Crippen MR) is 75.3 cm³/mol. The minimum atomic E-state index is 0.316. The molecule has 1 aliphatic heterocycles. The second kappa shape index (κ2) is 5.17. The van der Waals surface area contributed by atoms with Gasteiger partial charge < -0.3 is 19.5 Å². The molecule has 1 aromatic rings. The third-order valence-electron chi connectivity index (χ3n) is 4.19. The molecule has 4 rings (SSSR count). The Labute approximate surface area is 119 Å². The fourth-order valence-electron chi connectivity index (χ4n) is 2.52. The van der Waals surface area contributed by atoms with Crippen LogP contribution in [0.2, 0.25) is 0 Å². The van der Waals surface area contributed by atoms with Gasteiger partial charge in [0.2, 0.25) is 6.79 Å². The Hall–Kier alpha value is -1.42. The molecule has 2 saturated carbocycles. The molecule has 20 heavy (non-hydrogen) atoms. The first kappa shape index (κ1) is 12.3. The zero-order valence-corrected chi connectivity index (χ0v) is 11.7. The van der Waals surface area contributed by atoms with E-state index in [4.69, 9.17) is 14.2 Å². The van der Waals surface area contributed by atoms with Crippen LogP contribution in [-0.2, 0) is 6.54 Å². The van der Waals surface area contributed by atoms with Crippen molar-refractivity contribution >= 4 is 0 Å². The first-order chi connectivity index (χ1) is 9.88. The van der Waals surface area contributed by atoms with Crippen LogP contribution in [-0.4, -0.2) is 19.4 Å². The molecule has 1 heterocycles. The minimum Gasteiger partial charge on any atom is -0.493 e. The van der Waals surface area contributed by atoms with Crippen molar-refractivity contribution in [2.45, 2.75) is 44.7 Å². The molecule has 0 amide bonds. The standard InChI is InChI=1S/C16H21NO3/c1-2-11(1)5-6-18-14-8-16-15(19-10-20-16)7-12(14)9-17-13-3-4-13/h7-8,11,13,17H,1-6,9-10H2. The van der Waals surface area contributed by atoms with Crippen LogP contribution in [0.5, 0.6) is 17.2 Å². The largest absolute Gasteiger partial charge is 0.493 e. The predicted octanol–water partition coefficient (Wildman–Crippen LogP) is 2.85. The maximum absolute atomic E-state index is 5.99. The van der Waals surface area contributed by atoms with E-state index < -0.39 is 0 Å². The maximum atomic E-state index is 5.99. The molecule has 4 heteroatoms. The topological polar surface area (TPSA) is 39.7 Å². The number of hydrogen-bond donors (Lipinski definition) is 1. The highest BCUT2D eigenvalue weighted by Gasteiger charge is 2.24. The van der Waals surface area contributed by atoms with Gasteiger partial charge in [-0.1, -0.05) is 12.8 Å². The quantitative estimate of drug-likeness (QED) is 0.830. The zero-order chi connectivity index (χ0) is 13.4. The van der Waals surface area contributed by atoms with Crippen molar-refractivity contribution in [1.82, 2.24) is 5.32 Å². The Bertz CT molecular complexity index is 495. The first-order valence-electron chi connectivity index (χ1n) is 7.67. The maximum Gasteiger partial charge on any atom is 0.231 e. The summed E-state index contributed by atoms with van der Waals surface area (Å²) in [6.07, 6.45) is 6.51. The molecule has 0 aromatic heterocycles. The lowest BCUT2D eigenvalue weighted by atomic mass is 10.1. The first-order valence-corrected chi connectivity index (χ1v) is 7.67. The van der Waals surface area contributed by atoms with Gasteiger partial charge in [0.25, 0.3) is 0 Å². The molecule has 3 aliphatic rings. The Morgan fingerprint density at radius 1 is 1.10 bits per heavy atom. The Morgan fingerprint density at radius 2 is 1.90 bits per heavy atom. The van der Waals surface area contributed by atoms with Crippen LogP contribution in [0.1, 0.15) is 37.7 Å². The number of ether oxygens (including phenoxy) is 3. The summed E-state index contributed by atoms with van der Waals surface area (Å²) >= 11 is 0. The van der Waals surface area contributed by atoms with Crippen molar-refractivity contribution in [3.8, 4) is 17.2 Å². The molecule has 0 atom stereocenters. The van der Waals surface area contributed by atoms with Gasteiger partial charge in [0.1, 0.15) is 5.75 Å². The van der Waals surface area contributed by atoms with Crippen LogP contribution >= 0.6 is 0 Å². The monoisotopic (exact) mass is 275 g/mol. The van der Waals surface area contributed by atoms with E-state index in [-0.39, 0.29) is 0 Å². The molecular weight excluding hydrogens is 254 g/mol. The van der Waals surface area contributed by atoms with E-state index in [1.54, 1.807) is 0 Å². The molecule has 0 saturated heterocycles. The molecule has 1 aromatic carbocycles. The van der Waals surface area contributed by atoms with Gasteiger partial charge in [0.05, 0.1) is 6.61 Å². The summed E-state index contributed by atoms with van der Waals surface area (Å²) in [5, 5.41) is 3.54. The highest BCUT2D eigenvalue weighted by atomic mass is 16.7. The van der Waals surface area contributed by atoms with E-state index in [1.807, 2.05) is 6.07 Å². The molecule has 0 radical (unpaired) electrons. The van der Waals surface area contributed by atoms with Gasteiger partial charge in [0, 0.05) is 24.2 Å². The van der Waals surface area contributed by atoms with Crippen LogP contribution in [0.4, 0.5) is 0 Å². The Kier molecular flexibility index (Phi) is 3.19. The second-order valence-corrected chi connectivity index (χ2v) is 6.05. The van der Waals surface area contributed by atoms with Crippen LogP contribution in [0.25, 0.3) is 0 Å². The fraction of sp³-hybridized carbons (Fsp3) is 0.625. The van der Waals surface area contributed by atoms with Gasteiger partial charge in [0.15, 0.2) is 11.5 Å². The van der Waals surface area contributed by atoms with E-state index in [1.165, 1.54) is 37.7 Å². The summed E-state index contributed by atoms with van der Waals surface area (Å²) in [5.74, 6) is 3.49. The summed E-state index contributed by atoms with van der Waals surface area (Å²) in [6.45, 7) is 1.97. The zero-order valence-electron chi connectivity index (χ0n) is 11.7. The molecule has 0 spiro atoms. The molecule has 0 bridgehead atoms. The lowest BCUT2D eigenvalue weighted by Crippen LogP contribution is -2.16. The molecule has 4 nitrogen and oxygen atoms in total. The third kappa shape index (κ3) is 2.85. The Morgan fingerprint density at radius 3 is 2.65 bits per heavy atom. The van der Waals surface area contributed by atoms with E-state index in [2.05, 4.69) is 11.4 Å². The SMILES string of the molecule is c1c(CNC2CC2)c(OCCC2CC2)cc2c1OCO2. The molecule has 2 aliphatic carbocycles. The minimum absolute atomic E-state index is 0.316. The van der Waals surface area contributed by atoms with Crippen molar-refractivity contribution < 1.29 is 14.2 Å². The highest BCUT2D eigenvalue weighted by molar-refractivity contribution is 5.51. The van der Waals surface area contributed by atoms with Gasteiger partial charge >= 0.3 is 0 Å². The number of nitrogens with one attached hydrogen (secondary N) is 1. The average Bonchev–Trinajstić information content (AvgIpc) is 3.36. The highest BCUT2D eigenvalue weighted by Crippen LogP contribution is 2.39. The van der Waals surface area contributed by atoms with Gasteiger partial charge in [-0.05, 0) is 31.2 Å². The smallest absolute Gasteiger partial charge is 0.231 e. The van der Waals surface area contributed by atoms with Crippen LogP contribution in [0, 0.1) is 5.92 Å². The molecule has 1 N–H and O–H groups in total. The van der Waals surface area contributed by atoms with E-state index in [0.717, 1.165) is 36.3 Å². The number of rotatable bonds is 7. The summed E-state index contributed by atoms with van der Waals surface area (Å²) in [5.41, 5.74) is 1.18. The third-order valence-corrected chi connectivity index (χ3v) is 4.19. The van der Waals surface area contributed by atoms with Crippen LogP contribution in [0.3, 0.4) is 0 Å². The lowest BCUT2D eigenvalue weighted by Gasteiger charge is -2.13. The molecular formula is C16H21NO3. The lowest BCUT2D eigenvalue weighted by molar-refractivity contribution is 0.173. The summed E-state index contributed by atoms with van der Waals surface area (Å²) in [7, 11) is 0. The van der Waals surface area contributed by atoms with Crippen molar-refractivity contribution in [1.29, 1.82) is 0 Å². The van der Waals surface area contributed by atoms with Crippen LogP contribution in [0.15, 0.2) is 12.1 Å². The number of hydrogen-bond acceptors (Lipinski definition) is 4. The van der Waals surface area contributed by atoms with E-state index in [9.17, 15) is 0 Å². The average molecular weight is 275 g/mol. The number of benzene rings is 1. The molecule has 2 fully saturated rings. The van der Waals surface area contributed by atoms with Gasteiger partial charge in [-0.25, -0.2) is 0 Å². The van der Waals surface area contributed by atoms with Crippen molar-refractivity contribution in [3.63, 3.8) is 0 Å². The normalized spacial score (nSPS) is 20.2. The Balaban J connectivity index is 1.46. The van der Waals surface area contributed by atoms with Crippen molar-refractivity contribution in [3.05, 3.63) is 17.7 Å². The second-order valence-electron chi connectivity index (χ2n) is 6.05. The van der Waals surface area contributed by atoms with Gasteiger partial charge in [-0.15, -0.1) is 0 Å².